The predicted octanol–water partition coefficient (Wildman–Crippen LogP) is 3.15. The van der Waals surface area contributed by atoms with E-state index in [1.165, 1.54) is 12.1 Å². The van der Waals surface area contributed by atoms with Crippen molar-refractivity contribution in [2.75, 3.05) is 5.32 Å². The second-order valence-electron chi connectivity index (χ2n) is 5.88. The van der Waals surface area contributed by atoms with Crippen molar-refractivity contribution in [1.29, 1.82) is 0 Å². The number of aliphatic imine (C=N–C) groups is 1. The minimum absolute atomic E-state index is 0.109. The Morgan fingerprint density at radius 1 is 1.30 bits per heavy atom. The van der Waals surface area contributed by atoms with Gasteiger partial charge in [-0.1, -0.05) is 36.0 Å². The minimum Gasteiger partial charge on any atom is -0.320 e. The first-order chi connectivity index (χ1) is 12.9. The third-order valence-corrected chi connectivity index (χ3v) is 4.84. The predicted molar refractivity (Wildman–Crippen MR) is 104 cm³/mol. The van der Waals surface area contributed by atoms with Gasteiger partial charge in [-0.2, -0.15) is 0 Å². The van der Waals surface area contributed by atoms with Gasteiger partial charge in [0.15, 0.2) is 5.17 Å². The molecule has 0 unspecified atom stereocenters. The molecule has 2 amide bonds. The molecule has 1 aliphatic rings. The van der Waals surface area contributed by atoms with Crippen molar-refractivity contribution in [3.63, 3.8) is 0 Å². The number of benzene rings is 2. The Kier molecular flexibility index (Phi) is 5.51. The van der Waals surface area contributed by atoms with Gasteiger partial charge in [-0.3, -0.25) is 19.7 Å². The normalized spacial score (nSPS) is 17.6. The lowest BCUT2D eigenvalue weighted by molar-refractivity contribution is -0.384. The maximum Gasteiger partial charge on any atom is 0.293 e. The minimum atomic E-state index is -0.642. The molecule has 0 aromatic heterocycles. The first-order valence-electron chi connectivity index (χ1n) is 8.08. The summed E-state index contributed by atoms with van der Waals surface area (Å²) in [7, 11) is 0. The highest BCUT2D eigenvalue weighted by Gasteiger charge is 2.32. The number of amidine groups is 1. The number of hydrogen-bond donors (Lipinski definition) is 2. The van der Waals surface area contributed by atoms with Crippen molar-refractivity contribution in [3.8, 4) is 0 Å². The van der Waals surface area contributed by atoms with Crippen LogP contribution in [0.5, 0.6) is 0 Å². The maximum atomic E-state index is 12.3. The number of nitro groups is 1. The van der Waals surface area contributed by atoms with Crippen LogP contribution in [0.25, 0.3) is 0 Å². The summed E-state index contributed by atoms with van der Waals surface area (Å²) in [4.78, 5) is 39.3. The fourth-order valence-corrected chi connectivity index (χ4v) is 3.47. The number of carbonyl (C=O) groups excluding carboxylic acids is 2. The van der Waals surface area contributed by atoms with Crippen LogP contribution in [0.15, 0.2) is 53.5 Å². The molecule has 138 valence electrons. The van der Waals surface area contributed by atoms with Crippen molar-refractivity contribution in [2.45, 2.75) is 18.6 Å². The van der Waals surface area contributed by atoms with Crippen molar-refractivity contribution in [1.82, 2.24) is 5.32 Å². The summed E-state index contributed by atoms with van der Waals surface area (Å²) < 4.78 is 0. The molecule has 2 aromatic carbocycles. The summed E-state index contributed by atoms with van der Waals surface area (Å²) in [5.74, 6) is -0.793. The Labute approximate surface area is 159 Å². The molecule has 2 N–H and O–H groups in total. The molecule has 9 heteroatoms. The highest BCUT2D eigenvalue weighted by Crippen LogP contribution is 2.28. The number of nitrogens with one attached hydrogen (secondary N) is 2. The quantitative estimate of drug-likeness (QED) is 0.607. The molecule has 1 atom stereocenters. The van der Waals surface area contributed by atoms with Crippen LogP contribution in [0.3, 0.4) is 0 Å². The van der Waals surface area contributed by atoms with Crippen LogP contribution in [0.2, 0.25) is 0 Å². The van der Waals surface area contributed by atoms with Gasteiger partial charge < -0.3 is 10.6 Å². The van der Waals surface area contributed by atoms with E-state index in [9.17, 15) is 19.7 Å². The smallest absolute Gasteiger partial charge is 0.293 e. The van der Waals surface area contributed by atoms with Crippen LogP contribution < -0.4 is 10.6 Å². The summed E-state index contributed by atoms with van der Waals surface area (Å²) in [6.07, 6.45) is -0.116. The van der Waals surface area contributed by atoms with E-state index in [1.54, 1.807) is 25.1 Å². The fourth-order valence-electron chi connectivity index (χ4n) is 2.48. The monoisotopic (exact) mass is 384 g/mol. The number of rotatable bonds is 5. The molecule has 1 aliphatic heterocycles. The topological polar surface area (TPSA) is 114 Å². The van der Waals surface area contributed by atoms with E-state index in [4.69, 9.17) is 0 Å². The second-order valence-corrected chi connectivity index (χ2v) is 7.07. The fraction of sp³-hybridized carbons (Fsp3) is 0.167. The highest BCUT2D eigenvalue weighted by atomic mass is 32.2. The van der Waals surface area contributed by atoms with E-state index in [1.807, 2.05) is 18.2 Å². The Hall–Kier alpha value is -3.20. The van der Waals surface area contributed by atoms with Crippen LogP contribution in [-0.4, -0.2) is 27.2 Å². The molecule has 0 saturated carbocycles. The molecule has 0 bridgehead atoms. The van der Waals surface area contributed by atoms with Gasteiger partial charge in [-0.15, -0.1) is 0 Å². The van der Waals surface area contributed by atoms with E-state index in [2.05, 4.69) is 15.6 Å². The Morgan fingerprint density at radius 3 is 2.74 bits per heavy atom. The molecule has 27 heavy (non-hydrogen) atoms. The van der Waals surface area contributed by atoms with Crippen LogP contribution in [0.1, 0.15) is 12.0 Å². The standard InChI is InChI=1S/C18H16N4O4S/c1-11-7-8-13(14(9-11)22(25)26)20-16(23)10-15-17(24)21-18(27-15)19-12-5-3-2-4-6-12/h2-9,15H,10H2,1H3,(H,20,23)(H,19,21,24)/t15-/m1/s1. The number of amides is 2. The third-order valence-electron chi connectivity index (χ3n) is 3.76. The largest absolute Gasteiger partial charge is 0.320 e. The van der Waals surface area contributed by atoms with Gasteiger partial charge in [-0.05, 0) is 30.7 Å². The SMILES string of the molecule is Cc1ccc(NC(=O)C[C@H]2SC(=Nc3ccccc3)NC2=O)c([N+](=O)[O-])c1. The van der Waals surface area contributed by atoms with E-state index in [0.717, 1.165) is 11.8 Å². The molecule has 1 heterocycles. The van der Waals surface area contributed by atoms with Gasteiger partial charge in [0, 0.05) is 12.5 Å². The lowest BCUT2D eigenvalue weighted by atomic mass is 10.2. The van der Waals surface area contributed by atoms with Crippen LogP contribution in [-0.2, 0) is 9.59 Å². The summed E-state index contributed by atoms with van der Waals surface area (Å²) >= 11 is 1.16. The summed E-state index contributed by atoms with van der Waals surface area (Å²) in [6, 6.07) is 13.7. The molecule has 0 spiro atoms. The molecule has 0 radical (unpaired) electrons. The van der Waals surface area contributed by atoms with Gasteiger partial charge >= 0.3 is 0 Å². The first kappa shape index (κ1) is 18.6. The molecular weight excluding hydrogens is 368 g/mol. The molecule has 8 nitrogen and oxygen atoms in total. The number of nitro benzene ring substituents is 1. The molecule has 1 fully saturated rings. The lowest BCUT2D eigenvalue weighted by Crippen LogP contribution is -2.28. The van der Waals surface area contributed by atoms with Gasteiger partial charge in [-0.25, -0.2) is 4.99 Å². The number of hydrogen-bond acceptors (Lipinski definition) is 6. The number of para-hydroxylation sites is 1. The molecule has 2 aromatic rings. The molecule has 0 aliphatic carbocycles. The zero-order chi connectivity index (χ0) is 19.4. The molecule has 3 rings (SSSR count). The zero-order valence-electron chi connectivity index (χ0n) is 14.3. The van der Waals surface area contributed by atoms with Gasteiger partial charge in [0.05, 0.1) is 10.6 Å². The third kappa shape index (κ3) is 4.70. The Balaban J connectivity index is 1.66. The summed E-state index contributed by atoms with van der Waals surface area (Å²) in [5.41, 5.74) is 1.34. The molecular formula is C18H16N4O4S. The van der Waals surface area contributed by atoms with Crippen LogP contribution >= 0.6 is 11.8 Å². The van der Waals surface area contributed by atoms with Gasteiger partial charge in [0.2, 0.25) is 11.8 Å². The number of thioether (sulfide) groups is 1. The highest BCUT2D eigenvalue weighted by molar-refractivity contribution is 8.15. The second kappa shape index (κ2) is 8.00. The van der Waals surface area contributed by atoms with Crippen LogP contribution in [0, 0.1) is 17.0 Å². The summed E-state index contributed by atoms with van der Waals surface area (Å²) in [5, 5.41) is 16.1. The Bertz CT molecular complexity index is 930. The molecule has 1 saturated heterocycles. The number of carbonyl (C=O) groups is 2. The number of anilines is 1. The van der Waals surface area contributed by atoms with E-state index >= 15 is 0 Å². The van der Waals surface area contributed by atoms with E-state index in [0.29, 0.717) is 16.4 Å². The van der Waals surface area contributed by atoms with E-state index in [-0.39, 0.29) is 23.7 Å². The van der Waals surface area contributed by atoms with Crippen molar-refractivity contribution < 1.29 is 14.5 Å². The zero-order valence-corrected chi connectivity index (χ0v) is 15.2. The average Bonchev–Trinajstić information content (AvgIpc) is 2.96. The maximum absolute atomic E-state index is 12.3. The van der Waals surface area contributed by atoms with Gasteiger partial charge in [0.25, 0.3) is 5.69 Å². The Morgan fingerprint density at radius 2 is 2.04 bits per heavy atom. The van der Waals surface area contributed by atoms with Crippen molar-refractivity contribution in [2.24, 2.45) is 4.99 Å². The number of nitrogens with zero attached hydrogens (tertiary/aromatic N) is 2. The van der Waals surface area contributed by atoms with Crippen LogP contribution in [0.4, 0.5) is 17.1 Å². The van der Waals surface area contributed by atoms with Gasteiger partial charge in [0.1, 0.15) is 10.9 Å². The number of aryl methyl sites for hydroxylation is 1. The lowest BCUT2D eigenvalue weighted by Gasteiger charge is -2.08. The summed E-state index contributed by atoms with van der Waals surface area (Å²) in [6.45, 7) is 1.73. The van der Waals surface area contributed by atoms with Crippen molar-refractivity contribution in [3.05, 3.63) is 64.2 Å². The van der Waals surface area contributed by atoms with E-state index < -0.39 is 16.1 Å². The van der Waals surface area contributed by atoms with Crippen molar-refractivity contribution >= 4 is 45.8 Å². The first-order valence-corrected chi connectivity index (χ1v) is 8.96. The average molecular weight is 384 g/mol.